The van der Waals surface area contributed by atoms with Crippen LogP contribution in [-0.2, 0) is 0 Å². The fourth-order valence-corrected chi connectivity index (χ4v) is 3.57. The zero-order chi connectivity index (χ0) is 23.4. The molecule has 0 bridgehead atoms. The highest BCUT2D eigenvalue weighted by Crippen LogP contribution is 2.28. The number of hydrogen-bond acceptors (Lipinski definition) is 4. The summed E-state index contributed by atoms with van der Waals surface area (Å²) in [5.41, 5.74) is 1.19. The van der Waals surface area contributed by atoms with Gasteiger partial charge in [-0.25, -0.2) is 8.78 Å². The number of rotatable bonds is 6. The van der Waals surface area contributed by atoms with E-state index in [0.29, 0.717) is 29.1 Å². The van der Waals surface area contributed by atoms with Crippen molar-refractivity contribution in [3.63, 3.8) is 0 Å². The minimum absolute atomic E-state index is 0.0876. The van der Waals surface area contributed by atoms with Gasteiger partial charge in [-0.3, -0.25) is 14.6 Å². The predicted octanol–water partition coefficient (Wildman–Crippen LogP) is 4.39. The summed E-state index contributed by atoms with van der Waals surface area (Å²) in [6, 6.07) is 10.5. The summed E-state index contributed by atoms with van der Waals surface area (Å²) in [7, 11) is 0. The monoisotopic (exact) mass is 436 g/mol. The van der Waals surface area contributed by atoms with E-state index in [2.05, 4.69) is 10.3 Å². The number of alkyl halides is 2. The van der Waals surface area contributed by atoms with E-state index >= 15 is 0 Å². The molecule has 0 fully saturated rings. The van der Waals surface area contributed by atoms with Gasteiger partial charge in [-0.2, -0.15) is 5.26 Å². The molecule has 1 unspecified atom stereocenters. The molecule has 0 spiro atoms. The molecule has 6 nitrogen and oxygen atoms in total. The highest BCUT2D eigenvalue weighted by Gasteiger charge is 2.22. The fourth-order valence-electron chi connectivity index (χ4n) is 3.57. The van der Waals surface area contributed by atoms with Crippen molar-refractivity contribution in [3.05, 3.63) is 87.1 Å². The lowest BCUT2D eigenvalue weighted by molar-refractivity contribution is 0.0954. The highest BCUT2D eigenvalue weighted by molar-refractivity contribution is 5.95. The molecule has 0 aliphatic carbocycles. The first kappa shape index (κ1) is 22.8. The Morgan fingerprint density at radius 1 is 1.28 bits per heavy atom. The molecule has 1 amide bonds. The molecule has 0 radical (unpaired) electrons. The van der Waals surface area contributed by atoms with Crippen LogP contribution >= 0.6 is 0 Å². The minimum atomic E-state index is -2.69. The Labute approximate surface area is 184 Å². The maximum atomic E-state index is 13.3. The van der Waals surface area contributed by atoms with E-state index in [-0.39, 0.29) is 16.7 Å². The zero-order valence-corrected chi connectivity index (χ0v) is 17.9. The van der Waals surface area contributed by atoms with E-state index in [9.17, 15) is 18.4 Å². The lowest BCUT2D eigenvalue weighted by Gasteiger charge is -2.22. The Kier molecular flexibility index (Phi) is 6.79. The van der Waals surface area contributed by atoms with Crippen LogP contribution in [0, 0.1) is 18.3 Å². The number of benzene rings is 1. The van der Waals surface area contributed by atoms with E-state index in [1.54, 1.807) is 36.6 Å². The van der Waals surface area contributed by atoms with Gasteiger partial charge in [-0.05, 0) is 44.5 Å². The Morgan fingerprint density at radius 2 is 2.03 bits per heavy atom. The van der Waals surface area contributed by atoms with E-state index in [1.807, 2.05) is 13.0 Å². The standard InChI is InChI=1S/C24H22F2N4O2/c1-4-28-24(32)19-13-30(14(2)20-9-8-16(11-27)12-29-20)15(3)21(22(19)31)17-6-5-7-18(10-17)23(25)26/h5-10,12-14,23H,4H2,1-3H3,(H,28,32). The van der Waals surface area contributed by atoms with E-state index in [4.69, 9.17) is 5.26 Å². The smallest absolute Gasteiger partial charge is 0.263 e. The molecular formula is C24H22F2N4O2. The number of aromatic nitrogens is 2. The summed E-state index contributed by atoms with van der Waals surface area (Å²) in [6.07, 6.45) is 0.223. The second-order valence-corrected chi connectivity index (χ2v) is 7.28. The summed E-state index contributed by atoms with van der Waals surface area (Å²) >= 11 is 0. The third kappa shape index (κ3) is 4.42. The van der Waals surface area contributed by atoms with Crippen molar-refractivity contribution in [1.82, 2.24) is 14.9 Å². The maximum Gasteiger partial charge on any atom is 0.263 e. The third-order valence-electron chi connectivity index (χ3n) is 5.26. The van der Waals surface area contributed by atoms with Crippen LogP contribution in [0.5, 0.6) is 0 Å². The van der Waals surface area contributed by atoms with Crippen molar-refractivity contribution in [2.75, 3.05) is 6.54 Å². The van der Waals surface area contributed by atoms with Gasteiger partial charge in [-0.1, -0.05) is 18.2 Å². The molecule has 2 aromatic heterocycles. The molecule has 1 aromatic carbocycles. The van der Waals surface area contributed by atoms with Crippen molar-refractivity contribution in [2.24, 2.45) is 0 Å². The number of pyridine rings is 2. The van der Waals surface area contributed by atoms with Crippen molar-refractivity contribution >= 4 is 5.91 Å². The van der Waals surface area contributed by atoms with Gasteiger partial charge in [0.25, 0.3) is 12.3 Å². The average molecular weight is 436 g/mol. The summed E-state index contributed by atoms with van der Waals surface area (Å²) in [5, 5.41) is 11.6. The first-order chi connectivity index (χ1) is 15.3. The number of nitrogens with one attached hydrogen (secondary N) is 1. The number of carbonyl (C=O) groups is 1. The summed E-state index contributed by atoms with van der Waals surface area (Å²) in [6.45, 7) is 5.61. The van der Waals surface area contributed by atoms with Gasteiger partial charge < -0.3 is 9.88 Å². The zero-order valence-electron chi connectivity index (χ0n) is 17.9. The third-order valence-corrected chi connectivity index (χ3v) is 5.26. The molecule has 0 aliphatic heterocycles. The van der Waals surface area contributed by atoms with Crippen LogP contribution in [0.3, 0.4) is 0 Å². The summed E-state index contributed by atoms with van der Waals surface area (Å²) in [4.78, 5) is 30.2. The maximum absolute atomic E-state index is 13.3. The van der Waals surface area contributed by atoms with Crippen LogP contribution in [0.25, 0.3) is 11.1 Å². The van der Waals surface area contributed by atoms with Crippen LogP contribution < -0.4 is 10.7 Å². The molecule has 0 saturated heterocycles. The molecular weight excluding hydrogens is 414 g/mol. The second kappa shape index (κ2) is 9.52. The highest BCUT2D eigenvalue weighted by atomic mass is 19.3. The number of nitrogens with zero attached hydrogens (tertiary/aromatic N) is 3. The molecule has 3 rings (SSSR count). The normalized spacial score (nSPS) is 11.8. The van der Waals surface area contributed by atoms with Crippen LogP contribution in [0.4, 0.5) is 8.78 Å². The molecule has 8 heteroatoms. The second-order valence-electron chi connectivity index (χ2n) is 7.28. The van der Waals surface area contributed by atoms with Crippen molar-refractivity contribution < 1.29 is 13.6 Å². The van der Waals surface area contributed by atoms with Gasteiger partial charge in [0.05, 0.1) is 17.3 Å². The fraction of sp³-hybridized carbons (Fsp3) is 0.250. The Morgan fingerprint density at radius 3 is 2.62 bits per heavy atom. The Hall–Kier alpha value is -3.86. The van der Waals surface area contributed by atoms with Crippen LogP contribution in [-0.4, -0.2) is 22.0 Å². The average Bonchev–Trinajstić information content (AvgIpc) is 2.79. The van der Waals surface area contributed by atoms with Crippen LogP contribution in [0.15, 0.2) is 53.6 Å². The first-order valence-electron chi connectivity index (χ1n) is 10.1. The largest absolute Gasteiger partial charge is 0.352 e. The number of carbonyl (C=O) groups excluding carboxylic acids is 1. The summed E-state index contributed by atoms with van der Waals surface area (Å²) in [5.74, 6) is -0.544. The van der Waals surface area contributed by atoms with Gasteiger partial charge in [-0.15, -0.1) is 0 Å². The van der Waals surface area contributed by atoms with E-state index in [0.717, 1.165) is 0 Å². The van der Waals surface area contributed by atoms with E-state index < -0.39 is 23.8 Å². The molecule has 2 heterocycles. The molecule has 0 aliphatic rings. The molecule has 32 heavy (non-hydrogen) atoms. The Bertz CT molecular complexity index is 1240. The molecule has 164 valence electrons. The topological polar surface area (TPSA) is 87.8 Å². The molecule has 3 aromatic rings. The lowest BCUT2D eigenvalue weighted by atomic mass is 9.98. The van der Waals surface area contributed by atoms with Crippen LogP contribution in [0.1, 0.15) is 59.2 Å². The van der Waals surface area contributed by atoms with E-state index in [1.165, 1.54) is 30.6 Å². The molecule has 0 saturated carbocycles. The number of halogens is 2. The Balaban J connectivity index is 2.26. The number of hydrogen-bond donors (Lipinski definition) is 1. The van der Waals surface area contributed by atoms with Gasteiger partial charge in [0.2, 0.25) is 5.43 Å². The van der Waals surface area contributed by atoms with Gasteiger partial charge in [0.15, 0.2) is 0 Å². The van der Waals surface area contributed by atoms with Gasteiger partial charge in [0, 0.05) is 35.8 Å². The minimum Gasteiger partial charge on any atom is -0.352 e. The number of nitriles is 1. The first-order valence-corrected chi connectivity index (χ1v) is 10.1. The van der Waals surface area contributed by atoms with Gasteiger partial charge >= 0.3 is 0 Å². The van der Waals surface area contributed by atoms with Crippen molar-refractivity contribution in [2.45, 2.75) is 33.2 Å². The molecule has 1 atom stereocenters. The van der Waals surface area contributed by atoms with Gasteiger partial charge in [0.1, 0.15) is 11.6 Å². The predicted molar refractivity (Wildman–Crippen MR) is 117 cm³/mol. The number of amides is 1. The lowest BCUT2D eigenvalue weighted by Crippen LogP contribution is -2.31. The van der Waals surface area contributed by atoms with Crippen LogP contribution in [0.2, 0.25) is 0 Å². The quantitative estimate of drug-likeness (QED) is 0.621. The summed E-state index contributed by atoms with van der Waals surface area (Å²) < 4.78 is 28.3. The van der Waals surface area contributed by atoms with Crippen molar-refractivity contribution in [3.8, 4) is 17.2 Å². The molecule has 1 N–H and O–H groups in total. The van der Waals surface area contributed by atoms with Crippen molar-refractivity contribution in [1.29, 1.82) is 5.26 Å². The SMILES string of the molecule is CCNC(=O)c1cn(C(C)c2ccc(C#N)cn2)c(C)c(-c2cccc(C(F)F)c2)c1=O.